The number of benzene rings is 1. The third-order valence-electron chi connectivity index (χ3n) is 4.47. The van der Waals surface area contributed by atoms with Crippen molar-refractivity contribution < 1.29 is 23.8 Å². The molecule has 0 N–H and O–H groups in total. The van der Waals surface area contributed by atoms with Crippen LogP contribution in [0.2, 0.25) is 0 Å². The number of methoxy groups -OCH3 is 2. The number of esters is 2. The number of aryl methyl sites for hydroxylation is 1. The Morgan fingerprint density at radius 2 is 1.69 bits per heavy atom. The van der Waals surface area contributed by atoms with E-state index in [4.69, 9.17) is 9.47 Å². The molecule has 0 saturated heterocycles. The molecule has 0 bridgehead atoms. The maximum atomic E-state index is 11.6. The lowest BCUT2D eigenvalue weighted by molar-refractivity contribution is -0.154. The summed E-state index contributed by atoms with van der Waals surface area (Å²) in [6.45, 7) is 9.61. The highest BCUT2D eigenvalue weighted by molar-refractivity contribution is 5.85. The van der Waals surface area contributed by atoms with Gasteiger partial charge in [-0.2, -0.15) is 0 Å². The minimum absolute atomic E-state index is 0.393. The Morgan fingerprint density at radius 1 is 1.00 bits per heavy atom. The number of hydrogen-bond donors (Lipinski definition) is 0. The van der Waals surface area contributed by atoms with E-state index in [1.807, 2.05) is 25.1 Å². The number of allylic oxidation sites excluding steroid dienone is 6. The molecule has 0 spiro atoms. The maximum absolute atomic E-state index is 11.6. The summed E-state index contributed by atoms with van der Waals surface area (Å²) < 4.78 is 14.6. The van der Waals surface area contributed by atoms with Gasteiger partial charge in [0, 0.05) is 6.08 Å². The molecule has 156 valence electrons. The number of hydrogen-bond acceptors (Lipinski definition) is 5. The van der Waals surface area contributed by atoms with Gasteiger partial charge < -0.3 is 14.2 Å². The summed E-state index contributed by atoms with van der Waals surface area (Å²) in [7, 11) is 2.92. The molecule has 0 atom stereocenters. The lowest BCUT2D eigenvalue weighted by Crippen LogP contribution is -2.13. The molecule has 1 rings (SSSR count). The Balaban J connectivity index is 2.79. The van der Waals surface area contributed by atoms with Crippen molar-refractivity contribution in [3.8, 4) is 5.75 Å². The van der Waals surface area contributed by atoms with Crippen LogP contribution >= 0.6 is 0 Å². The largest absolute Gasteiger partial charge is 0.496 e. The molecule has 29 heavy (non-hydrogen) atoms. The highest BCUT2D eigenvalue weighted by atomic mass is 16.6. The van der Waals surface area contributed by atoms with Crippen LogP contribution in [-0.2, 0) is 19.1 Å². The summed E-state index contributed by atoms with van der Waals surface area (Å²) in [5.41, 5.74) is 6.46. The molecule has 5 nitrogen and oxygen atoms in total. The van der Waals surface area contributed by atoms with Crippen LogP contribution in [0.5, 0.6) is 5.75 Å². The van der Waals surface area contributed by atoms with Gasteiger partial charge in [-0.1, -0.05) is 36.0 Å². The number of carbonyl (C=O) groups excluding carboxylic acids is 2. The first-order valence-corrected chi connectivity index (χ1v) is 9.29. The first kappa shape index (κ1) is 24.0. The predicted molar refractivity (Wildman–Crippen MR) is 116 cm³/mol. The topological polar surface area (TPSA) is 61.8 Å². The van der Waals surface area contributed by atoms with Gasteiger partial charge in [-0.15, -0.1) is 0 Å². The predicted octanol–water partition coefficient (Wildman–Crippen LogP) is 4.80. The summed E-state index contributed by atoms with van der Waals surface area (Å²) in [5.74, 6) is -0.276. The zero-order valence-electron chi connectivity index (χ0n) is 18.3. The molecule has 0 unspecified atom stereocenters. The van der Waals surface area contributed by atoms with Crippen molar-refractivity contribution in [2.75, 3.05) is 20.8 Å². The Morgan fingerprint density at radius 3 is 2.31 bits per heavy atom. The monoisotopic (exact) mass is 398 g/mol. The average Bonchev–Trinajstić information content (AvgIpc) is 2.68. The molecule has 0 saturated carbocycles. The van der Waals surface area contributed by atoms with E-state index < -0.39 is 18.5 Å². The fraction of sp³-hybridized carbons (Fsp3) is 0.333. The second kappa shape index (κ2) is 11.7. The van der Waals surface area contributed by atoms with E-state index in [2.05, 4.69) is 37.7 Å². The fourth-order valence-electron chi connectivity index (χ4n) is 2.62. The van der Waals surface area contributed by atoms with Crippen LogP contribution < -0.4 is 4.74 Å². The third kappa shape index (κ3) is 7.82. The standard InChI is InChI=1S/C24H30O5/c1-16(9-8-10-17(2)13-23(25)29-15-24(26)28-7)11-12-21-18(3)14-22(27-6)20(5)19(21)4/h8-14H,15H2,1-7H3/b10-8+,12-11+,16-9+,17-13+. The normalized spacial score (nSPS) is 12.5. The van der Waals surface area contributed by atoms with E-state index in [9.17, 15) is 9.59 Å². The van der Waals surface area contributed by atoms with Gasteiger partial charge in [-0.25, -0.2) is 9.59 Å². The van der Waals surface area contributed by atoms with Crippen LogP contribution in [0.1, 0.15) is 36.1 Å². The van der Waals surface area contributed by atoms with Crippen LogP contribution in [0.4, 0.5) is 0 Å². The molecular formula is C24H30O5. The summed E-state index contributed by atoms with van der Waals surface area (Å²) in [5, 5.41) is 0. The first-order chi connectivity index (χ1) is 13.7. The molecule has 0 amide bonds. The van der Waals surface area contributed by atoms with Gasteiger partial charge >= 0.3 is 11.9 Å². The first-order valence-electron chi connectivity index (χ1n) is 9.29. The number of carbonyl (C=O) groups is 2. The van der Waals surface area contributed by atoms with Crippen molar-refractivity contribution in [1.29, 1.82) is 0 Å². The zero-order chi connectivity index (χ0) is 22.0. The zero-order valence-corrected chi connectivity index (χ0v) is 18.3. The van der Waals surface area contributed by atoms with E-state index in [0.717, 1.165) is 22.4 Å². The Kier molecular flexibility index (Phi) is 9.66. The van der Waals surface area contributed by atoms with E-state index >= 15 is 0 Å². The van der Waals surface area contributed by atoms with Crippen LogP contribution in [0, 0.1) is 20.8 Å². The molecule has 0 aromatic heterocycles. The quantitative estimate of drug-likeness (QED) is 0.358. The van der Waals surface area contributed by atoms with Crippen molar-refractivity contribution in [2.45, 2.75) is 34.6 Å². The average molecular weight is 398 g/mol. The lowest BCUT2D eigenvalue weighted by atomic mass is 9.96. The molecular weight excluding hydrogens is 368 g/mol. The molecule has 0 aliphatic carbocycles. The van der Waals surface area contributed by atoms with Crippen molar-refractivity contribution in [1.82, 2.24) is 0 Å². The Labute approximate surface area is 173 Å². The summed E-state index contributed by atoms with van der Waals surface area (Å²) in [6.07, 6.45) is 11.1. The minimum atomic E-state index is -0.595. The highest BCUT2D eigenvalue weighted by Crippen LogP contribution is 2.28. The van der Waals surface area contributed by atoms with Crippen molar-refractivity contribution in [3.05, 3.63) is 69.8 Å². The van der Waals surface area contributed by atoms with E-state index in [1.165, 1.54) is 24.3 Å². The third-order valence-corrected chi connectivity index (χ3v) is 4.47. The van der Waals surface area contributed by atoms with Crippen LogP contribution in [0.15, 0.2) is 47.6 Å². The molecule has 0 radical (unpaired) electrons. The maximum Gasteiger partial charge on any atom is 0.344 e. The summed E-state index contributed by atoms with van der Waals surface area (Å²) >= 11 is 0. The smallest absolute Gasteiger partial charge is 0.344 e. The van der Waals surface area contributed by atoms with Gasteiger partial charge in [0.25, 0.3) is 0 Å². The number of rotatable bonds is 8. The van der Waals surface area contributed by atoms with Crippen molar-refractivity contribution in [2.24, 2.45) is 0 Å². The van der Waals surface area contributed by atoms with E-state index in [-0.39, 0.29) is 0 Å². The Hall–Kier alpha value is -3.08. The van der Waals surface area contributed by atoms with E-state index in [1.54, 1.807) is 20.1 Å². The fourth-order valence-corrected chi connectivity index (χ4v) is 2.62. The second-order valence-corrected chi connectivity index (χ2v) is 6.73. The number of ether oxygens (including phenoxy) is 3. The van der Waals surface area contributed by atoms with Gasteiger partial charge in [-0.3, -0.25) is 0 Å². The molecule has 1 aromatic carbocycles. The Bertz CT molecular complexity index is 870. The van der Waals surface area contributed by atoms with E-state index in [0.29, 0.717) is 5.57 Å². The van der Waals surface area contributed by atoms with Gasteiger partial charge in [0.05, 0.1) is 14.2 Å². The molecule has 0 aliphatic rings. The van der Waals surface area contributed by atoms with Crippen LogP contribution in [0.25, 0.3) is 6.08 Å². The second-order valence-electron chi connectivity index (χ2n) is 6.73. The van der Waals surface area contributed by atoms with Gasteiger partial charge in [0.15, 0.2) is 6.61 Å². The molecule has 0 fully saturated rings. The summed E-state index contributed by atoms with van der Waals surface area (Å²) in [4.78, 5) is 22.5. The van der Waals surface area contributed by atoms with Crippen molar-refractivity contribution >= 4 is 18.0 Å². The van der Waals surface area contributed by atoms with Crippen LogP contribution in [0.3, 0.4) is 0 Å². The van der Waals surface area contributed by atoms with Gasteiger partial charge in [0.1, 0.15) is 5.75 Å². The summed E-state index contributed by atoms with van der Waals surface area (Å²) in [6, 6.07) is 2.05. The highest BCUT2D eigenvalue weighted by Gasteiger charge is 2.08. The molecule has 0 heterocycles. The molecule has 5 heteroatoms. The van der Waals surface area contributed by atoms with Gasteiger partial charge in [-0.05, 0) is 68.5 Å². The van der Waals surface area contributed by atoms with Crippen molar-refractivity contribution in [3.63, 3.8) is 0 Å². The lowest BCUT2D eigenvalue weighted by Gasteiger charge is -2.13. The van der Waals surface area contributed by atoms with Crippen LogP contribution in [-0.4, -0.2) is 32.8 Å². The SMILES string of the molecule is COC(=O)COC(=O)/C=C(C)/C=C/C=C(C)/C=C/c1c(C)cc(OC)c(C)c1C. The minimum Gasteiger partial charge on any atom is -0.496 e. The molecule has 0 aliphatic heterocycles. The molecule has 1 aromatic rings. The van der Waals surface area contributed by atoms with Gasteiger partial charge in [0.2, 0.25) is 0 Å².